The minimum atomic E-state index is 0. The fourth-order valence-corrected chi connectivity index (χ4v) is 0.796. The molecule has 0 heterocycles. The van der Waals surface area contributed by atoms with Crippen LogP contribution in [0, 0.1) is 13.5 Å². The van der Waals surface area contributed by atoms with E-state index in [9.17, 15) is 10.2 Å². The van der Waals surface area contributed by atoms with E-state index in [-0.39, 0.29) is 46.5 Å². The summed E-state index contributed by atoms with van der Waals surface area (Å²) in [7, 11) is 0. The molecule has 0 aromatic heterocycles. The first-order chi connectivity index (χ1) is 8.33. The molecule has 0 radical (unpaired) electrons. The summed E-state index contributed by atoms with van der Waals surface area (Å²) in [6, 6.07) is 0. The molecule has 0 fully saturated rings. The maximum Gasteiger partial charge on any atom is 4.00 e. The van der Waals surface area contributed by atoms with Crippen molar-refractivity contribution < 1.29 is 36.1 Å². The third kappa shape index (κ3) is 38.1. The third-order valence-corrected chi connectivity index (χ3v) is 1.69. The Morgan fingerprint density at radius 3 is 1.63 bits per heavy atom. The second-order valence-electron chi connectivity index (χ2n) is 3.27. The molecule has 0 atom stereocenters. The normalized spacial score (nSPS) is 9.79. The van der Waals surface area contributed by atoms with Crippen molar-refractivity contribution in [1.29, 1.82) is 0 Å². The van der Waals surface area contributed by atoms with E-state index in [1.807, 2.05) is 12.2 Å². The Morgan fingerprint density at radius 2 is 1.53 bits per heavy atom. The molecule has 0 N–H and O–H groups in total. The van der Waals surface area contributed by atoms with Crippen molar-refractivity contribution >= 4 is 0 Å². The standard InChI is InChI=1S/2C5H9O.C5H5.CH3.Hf/c2*1-2-3-4-5-6;1-2-4-5-3-1;;/h2*2H,1,3-5H2;1-3H,4H2;1H3;/q4*-1;+4. The zero-order valence-electron chi connectivity index (χ0n) is 12.1. The van der Waals surface area contributed by atoms with Gasteiger partial charge in [0.05, 0.1) is 0 Å². The molecule has 0 aliphatic heterocycles. The first kappa shape index (κ1) is 27.2. The molecule has 19 heavy (non-hydrogen) atoms. The average molecular weight is 429 g/mol. The monoisotopic (exact) mass is 430 g/mol. The van der Waals surface area contributed by atoms with E-state index in [1.165, 1.54) is 0 Å². The van der Waals surface area contributed by atoms with Gasteiger partial charge in [0, 0.05) is 0 Å². The fraction of sp³-hybridized carbons (Fsp3) is 0.438. The number of hydrogen-bond acceptors (Lipinski definition) is 2. The molecule has 0 saturated carbocycles. The summed E-state index contributed by atoms with van der Waals surface area (Å²) < 4.78 is 0. The molecule has 0 unspecified atom stereocenters. The van der Waals surface area contributed by atoms with Crippen LogP contribution in [0.25, 0.3) is 0 Å². The summed E-state index contributed by atoms with van der Waals surface area (Å²) >= 11 is 0. The summed E-state index contributed by atoms with van der Waals surface area (Å²) in [5.74, 6) is 0. The summed E-state index contributed by atoms with van der Waals surface area (Å²) in [5, 5.41) is 19.3. The Bertz CT molecular complexity index is 189. The van der Waals surface area contributed by atoms with Gasteiger partial charge in [-0.3, -0.25) is 6.08 Å². The summed E-state index contributed by atoms with van der Waals surface area (Å²) in [6.07, 6.45) is 16.7. The van der Waals surface area contributed by atoms with Crippen LogP contribution >= 0.6 is 0 Å². The smallest absolute Gasteiger partial charge is 0.854 e. The quantitative estimate of drug-likeness (QED) is 0.282. The van der Waals surface area contributed by atoms with Crippen molar-refractivity contribution in [2.45, 2.75) is 32.1 Å². The maximum absolute atomic E-state index is 9.64. The third-order valence-electron chi connectivity index (χ3n) is 1.69. The molecule has 1 aliphatic carbocycles. The van der Waals surface area contributed by atoms with Gasteiger partial charge in [-0.05, 0) is 12.8 Å². The molecule has 0 saturated heterocycles. The SMILES string of the molecule is C=CCCC[O-].C=CCCC[O-].[C-]1=CC=CC1.[CH3-].[Hf+4]. The zero-order valence-corrected chi connectivity index (χ0v) is 15.7. The second-order valence-corrected chi connectivity index (χ2v) is 3.27. The molecule has 1 rings (SSSR count). The van der Waals surface area contributed by atoms with Crippen LogP contribution in [0.1, 0.15) is 32.1 Å². The van der Waals surface area contributed by atoms with E-state index in [1.54, 1.807) is 12.2 Å². The van der Waals surface area contributed by atoms with Gasteiger partial charge >= 0.3 is 25.8 Å². The van der Waals surface area contributed by atoms with Crippen molar-refractivity contribution in [3.63, 3.8) is 0 Å². The summed E-state index contributed by atoms with van der Waals surface area (Å²) in [5.41, 5.74) is 0. The molecular weight excluding hydrogens is 403 g/mol. The largest absolute Gasteiger partial charge is 4.00 e. The summed E-state index contributed by atoms with van der Waals surface area (Å²) in [4.78, 5) is 0. The van der Waals surface area contributed by atoms with Gasteiger partial charge in [0.2, 0.25) is 0 Å². The van der Waals surface area contributed by atoms with Gasteiger partial charge < -0.3 is 17.6 Å². The number of rotatable bonds is 6. The fourth-order valence-electron chi connectivity index (χ4n) is 0.796. The predicted octanol–water partition coefficient (Wildman–Crippen LogP) is 2.38. The Labute approximate surface area is 138 Å². The molecule has 0 bridgehead atoms. The average Bonchev–Trinajstić information content (AvgIpc) is 2.93. The molecule has 2 nitrogen and oxygen atoms in total. The molecular formula is C16H26HfO2. The minimum absolute atomic E-state index is 0. The van der Waals surface area contributed by atoms with E-state index in [0.29, 0.717) is 0 Å². The van der Waals surface area contributed by atoms with Crippen LogP contribution < -0.4 is 10.2 Å². The number of allylic oxidation sites excluding steroid dienone is 6. The van der Waals surface area contributed by atoms with Crippen molar-refractivity contribution in [2.75, 3.05) is 13.2 Å². The van der Waals surface area contributed by atoms with Gasteiger partial charge in [-0.15, -0.1) is 32.8 Å². The van der Waals surface area contributed by atoms with Crippen LogP contribution in [0.3, 0.4) is 0 Å². The van der Waals surface area contributed by atoms with Crippen LogP contribution in [0.4, 0.5) is 0 Å². The van der Waals surface area contributed by atoms with Crippen molar-refractivity contribution in [2.24, 2.45) is 0 Å². The number of unbranched alkanes of at least 4 members (excludes halogenated alkanes) is 2. The predicted molar refractivity (Wildman–Crippen MR) is 76.6 cm³/mol. The Balaban J connectivity index is -0.0000000845. The molecule has 106 valence electrons. The van der Waals surface area contributed by atoms with Crippen LogP contribution in [-0.4, -0.2) is 13.2 Å². The topological polar surface area (TPSA) is 46.1 Å². The Hall–Kier alpha value is -0.250. The Morgan fingerprint density at radius 1 is 1.05 bits per heavy atom. The van der Waals surface area contributed by atoms with Crippen LogP contribution in [-0.2, 0) is 25.8 Å². The van der Waals surface area contributed by atoms with Crippen LogP contribution in [0.5, 0.6) is 0 Å². The Kier molecular flexibility index (Phi) is 43.8. The van der Waals surface area contributed by atoms with Gasteiger partial charge in [-0.2, -0.15) is 6.08 Å². The van der Waals surface area contributed by atoms with Gasteiger partial charge in [0.15, 0.2) is 0 Å². The van der Waals surface area contributed by atoms with E-state index >= 15 is 0 Å². The molecule has 0 aromatic carbocycles. The van der Waals surface area contributed by atoms with Gasteiger partial charge in [0.25, 0.3) is 0 Å². The molecule has 0 spiro atoms. The van der Waals surface area contributed by atoms with Crippen LogP contribution in [0.2, 0.25) is 0 Å². The molecule has 0 amide bonds. The van der Waals surface area contributed by atoms with E-state index in [0.717, 1.165) is 32.1 Å². The number of hydrogen-bond donors (Lipinski definition) is 0. The second kappa shape index (κ2) is 30.6. The van der Waals surface area contributed by atoms with Crippen molar-refractivity contribution in [1.82, 2.24) is 0 Å². The van der Waals surface area contributed by atoms with Crippen molar-refractivity contribution in [3.05, 3.63) is 57.0 Å². The molecule has 1 aliphatic rings. The van der Waals surface area contributed by atoms with E-state index in [2.05, 4.69) is 25.3 Å². The maximum atomic E-state index is 9.64. The van der Waals surface area contributed by atoms with E-state index < -0.39 is 0 Å². The minimum Gasteiger partial charge on any atom is -0.854 e. The summed E-state index contributed by atoms with van der Waals surface area (Å²) in [6.45, 7) is 6.99. The van der Waals surface area contributed by atoms with Gasteiger partial charge in [-0.1, -0.05) is 25.0 Å². The first-order valence-corrected chi connectivity index (χ1v) is 5.93. The van der Waals surface area contributed by atoms with E-state index in [4.69, 9.17) is 0 Å². The molecule has 3 heteroatoms. The van der Waals surface area contributed by atoms with Gasteiger partial charge in [-0.25, -0.2) is 12.2 Å². The molecule has 0 aromatic rings. The van der Waals surface area contributed by atoms with Crippen LogP contribution in [0.15, 0.2) is 43.5 Å². The first-order valence-electron chi connectivity index (χ1n) is 5.93. The zero-order chi connectivity index (χ0) is 13.2. The van der Waals surface area contributed by atoms with Gasteiger partial charge in [0.1, 0.15) is 0 Å². The van der Waals surface area contributed by atoms with Crippen molar-refractivity contribution in [3.8, 4) is 0 Å².